The Balaban J connectivity index is 1.45. The van der Waals surface area contributed by atoms with Gasteiger partial charge < -0.3 is 14.8 Å². The average Bonchev–Trinajstić information content (AvgIpc) is 2.85. The number of carbonyl (C=O) groups excluding carboxylic acids is 2. The standard InChI is InChI=1S/C27H24FN3O3/c28-22-10-5-4-9-20(22)14-23(29-26(33)19-7-2-1-3-8-19)27(34)30-15-18-13-21(17-30)24-11-6-12-25(32)31(24)16-18/h1-12,14,18,21H,13,15-17H2,(H,29,33)/b23-14-/t18-,21-/m1/s1. The van der Waals surface area contributed by atoms with E-state index in [0.29, 0.717) is 25.2 Å². The third kappa shape index (κ3) is 4.29. The zero-order valence-corrected chi connectivity index (χ0v) is 18.5. The molecule has 0 unspecified atom stereocenters. The van der Waals surface area contributed by atoms with Crippen LogP contribution in [-0.4, -0.2) is 34.4 Å². The van der Waals surface area contributed by atoms with Crippen molar-refractivity contribution in [3.05, 3.63) is 111 Å². The van der Waals surface area contributed by atoms with E-state index in [1.165, 1.54) is 12.1 Å². The highest BCUT2D eigenvalue weighted by Gasteiger charge is 2.37. The van der Waals surface area contributed by atoms with Crippen LogP contribution in [0, 0.1) is 11.7 Å². The molecule has 1 fully saturated rings. The number of halogens is 1. The van der Waals surface area contributed by atoms with Crippen LogP contribution in [0.25, 0.3) is 6.08 Å². The van der Waals surface area contributed by atoms with Crippen molar-refractivity contribution < 1.29 is 14.0 Å². The molecule has 6 nitrogen and oxygen atoms in total. The topological polar surface area (TPSA) is 71.4 Å². The molecule has 2 bridgehead atoms. The highest BCUT2D eigenvalue weighted by Crippen LogP contribution is 2.35. The number of pyridine rings is 1. The third-order valence-electron chi connectivity index (χ3n) is 6.49. The predicted molar refractivity (Wildman–Crippen MR) is 126 cm³/mol. The summed E-state index contributed by atoms with van der Waals surface area (Å²) < 4.78 is 16.2. The molecule has 3 aromatic rings. The van der Waals surface area contributed by atoms with E-state index in [1.807, 2.05) is 6.07 Å². The van der Waals surface area contributed by atoms with Gasteiger partial charge in [-0.05, 0) is 42.7 Å². The molecule has 1 saturated heterocycles. The second kappa shape index (κ2) is 9.09. The second-order valence-electron chi connectivity index (χ2n) is 8.81. The first-order valence-corrected chi connectivity index (χ1v) is 11.3. The quantitative estimate of drug-likeness (QED) is 0.611. The van der Waals surface area contributed by atoms with Crippen LogP contribution in [0.2, 0.25) is 0 Å². The van der Waals surface area contributed by atoms with Gasteiger partial charge in [0.05, 0.1) is 0 Å². The van der Waals surface area contributed by atoms with Crippen molar-refractivity contribution in [1.82, 2.24) is 14.8 Å². The largest absolute Gasteiger partial charge is 0.336 e. The van der Waals surface area contributed by atoms with E-state index >= 15 is 0 Å². The fraction of sp³-hybridized carbons (Fsp3) is 0.222. The number of aromatic nitrogens is 1. The molecule has 0 radical (unpaired) electrons. The molecule has 0 saturated carbocycles. The zero-order valence-electron chi connectivity index (χ0n) is 18.5. The van der Waals surface area contributed by atoms with Gasteiger partial charge in [0.15, 0.2) is 0 Å². The van der Waals surface area contributed by atoms with E-state index < -0.39 is 11.7 Å². The highest BCUT2D eigenvalue weighted by atomic mass is 19.1. The van der Waals surface area contributed by atoms with Gasteiger partial charge >= 0.3 is 0 Å². The number of rotatable bonds is 4. The minimum Gasteiger partial charge on any atom is -0.336 e. The van der Waals surface area contributed by atoms with Crippen LogP contribution in [0.5, 0.6) is 0 Å². The molecule has 172 valence electrons. The Labute approximate surface area is 196 Å². The lowest BCUT2D eigenvalue weighted by molar-refractivity contribution is -0.130. The van der Waals surface area contributed by atoms with Crippen molar-refractivity contribution in [2.45, 2.75) is 18.9 Å². The maximum Gasteiger partial charge on any atom is 0.270 e. The molecule has 34 heavy (non-hydrogen) atoms. The molecule has 2 aromatic carbocycles. The van der Waals surface area contributed by atoms with E-state index in [4.69, 9.17) is 0 Å². The van der Waals surface area contributed by atoms with Crippen LogP contribution in [0.1, 0.15) is 34.0 Å². The van der Waals surface area contributed by atoms with Gasteiger partial charge in [-0.1, -0.05) is 42.5 Å². The Morgan fingerprint density at radius 2 is 1.68 bits per heavy atom. The first kappa shape index (κ1) is 21.8. The van der Waals surface area contributed by atoms with Crippen molar-refractivity contribution >= 4 is 17.9 Å². The summed E-state index contributed by atoms with van der Waals surface area (Å²) in [5.74, 6) is -1.12. The summed E-state index contributed by atoms with van der Waals surface area (Å²) in [6.07, 6.45) is 2.29. The number of fused-ring (bicyclic) bond motifs is 4. The Kier molecular flexibility index (Phi) is 5.84. The number of nitrogens with one attached hydrogen (secondary N) is 1. The average molecular weight is 458 g/mol. The van der Waals surface area contributed by atoms with Crippen LogP contribution in [0.3, 0.4) is 0 Å². The Morgan fingerprint density at radius 1 is 0.912 bits per heavy atom. The highest BCUT2D eigenvalue weighted by molar-refractivity contribution is 6.05. The zero-order chi connectivity index (χ0) is 23.7. The van der Waals surface area contributed by atoms with E-state index in [9.17, 15) is 18.8 Å². The van der Waals surface area contributed by atoms with E-state index in [2.05, 4.69) is 5.32 Å². The Bertz CT molecular complexity index is 1330. The third-order valence-corrected chi connectivity index (χ3v) is 6.49. The summed E-state index contributed by atoms with van der Waals surface area (Å²) in [6, 6.07) is 19.9. The first-order valence-electron chi connectivity index (χ1n) is 11.3. The second-order valence-corrected chi connectivity index (χ2v) is 8.81. The summed E-state index contributed by atoms with van der Waals surface area (Å²) in [7, 11) is 0. The molecule has 2 aliphatic rings. The van der Waals surface area contributed by atoms with Gasteiger partial charge in [0.1, 0.15) is 11.5 Å². The van der Waals surface area contributed by atoms with Gasteiger partial charge in [0.2, 0.25) is 0 Å². The predicted octanol–water partition coefficient (Wildman–Crippen LogP) is 3.40. The number of amides is 2. The molecule has 7 heteroatoms. The Morgan fingerprint density at radius 3 is 2.47 bits per heavy atom. The lowest BCUT2D eigenvalue weighted by Gasteiger charge is -2.43. The van der Waals surface area contributed by atoms with Crippen molar-refractivity contribution in [3.8, 4) is 0 Å². The van der Waals surface area contributed by atoms with Gasteiger partial charge in [0.25, 0.3) is 17.4 Å². The van der Waals surface area contributed by atoms with Crippen LogP contribution < -0.4 is 10.9 Å². The molecule has 0 aliphatic carbocycles. The minimum atomic E-state index is -0.481. The smallest absolute Gasteiger partial charge is 0.270 e. The molecule has 5 rings (SSSR count). The van der Waals surface area contributed by atoms with Crippen LogP contribution in [-0.2, 0) is 11.3 Å². The Hall–Kier alpha value is -4.00. The van der Waals surface area contributed by atoms with Crippen molar-refractivity contribution in [2.75, 3.05) is 13.1 Å². The monoisotopic (exact) mass is 457 g/mol. The molecule has 2 aliphatic heterocycles. The maximum atomic E-state index is 14.4. The van der Waals surface area contributed by atoms with Crippen LogP contribution in [0.4, 0.5) is 4.39 Å². The summed E-state index contributed by atoms with van der Waals surface area (Å²) in [6.45, 7) is 1.44. The summed E-state index contributed by atoms with van der Waals surface area (Å²) in [5, 5.41) is 2.71. The number of nitrogens with zero attached hydrogens (tertiary/aromatic N) is 2. The molecule has 1 N–H and O–H groups in total. The van der Waals surface area contributed by atoms with E-state index in [-0.39, 0.29) is 34.6 Å². The normalized spacial score (nSPS) is 19.3. The van der Waals surface area contributed by atoms with Gasteiger partial charge in [-0.3, -0.25) is 14.4 Å². The fourth-order valence-electron chi connectivity index (χ4n) is 4.92. The van der Waals surface area contributed by atoms with Gasteiger partial charge in [-0.25, -0.2) is 4.39 Å². The van der Waals surface area contributed by atoms with Crippen molar-refractivity contribution in [3.63, 3.8) is 0 Å². The molecular formula is C27H24FN3O3. The first-order chi connectivity index (χ1) is 16.5. The van der Waals surface area contributed by atoms with Crippen LogP contribution >= 0.6 is 0 Å². The summed E-state index contributed by atoms with van der Waals surface area (Å²) in [4.78, 5) is 40.5. The summed E-state index contributed by atoms with van der Waals surface area (Å²) >= 11 is 0. The van der Waals surface area contributed by atoms with Crippen molar-refractivity contribution in [2.24, 2.45) is 5.92 Å². The minimum absolute atomic E-state index is 0.0179. The molecule has 3 heterocycles. The van der Waals surface area contributed by atoms with E-state index in [1.54, 1.807) is 70.1 Å². The lowest BCUT2D eigenvalue weighted by Crippen LogP contribution is -2.50. The summed E-state index contributed by atoms with van der Waals surface area (Å²) in [5.41, 5.74) is 1.53. The molecule has 0 spiro atoms. The number of benzene rings is 2. The van der Waals surface area contributed by atoms with Crippen molar-refractivity contribution in [1.29, 1.82) is 0 Å². The van der Waals surface area contributed by atoms with Gasteiger partial charge in [0, 0.05) is 48.4 Å². The van der Waals surface area contributed by atoms with Gasteiger partial charge in [-0.2, -0.15) is 0 Å². The number of hydrogen-bond donors (Lipinski definition) is 1. The molecule has 1 aromatic heterocycles. The molecular weight excluding hydrogens is 433 g/mol. The fourth-order valence-corrected chi connectivity index (χ4v) is 4.92. The number of piperidine rings is 1. The molecule has 2 atom stereocenters. The maximum absolute atomic E-state index is 14.4. The number of likely N-dealkylation sites (tertiary alicyclic amines) is 1. The number of hydrogen-bond acceptors (Lipinski definition) is 3. The SMILES string of the molecule is O=C(N/C(=C\c1ccccc1F)C(=O)N1C[C@H]2C[C@H](C1)c1cccc(=O)n1C2)c1ccccc1. The van der Waals surface area contributed by atoms with E-state index in [0.717, 1.165) is 12.1 Å². The van der Waals surface area contributed by atoms with Gasteiger partial charge in [-0.15, -0.1) is 0 Å². The number of carbonyl (C=O) groups is 2. The molecule has 2 amide bonds. The van der Waals surface area contributed by atoms with Crippen LogP contribution in [0.15, 0.2) is 83.3 Å². The lowest BCUT2D eigenvalue weighted by atomic mass is 9.83.